The molecule has 3 aromatic rings. The number of hydrogen-bond donors (Lipinski definition) is 3. The molecule has 276 valence electrons. The molecule has 4 rings (SSSR count). The van der Waals surface area contributed by atoms with Crippen molar-refractivity contribution in [2.75, 3.05) is 15.5 Å². The van der Waals surface area contributed by atoms with Gasteiger partial charge >= 0.3 is 0 Å². The zero-order chi connectivity index (χ0) is 39.8. The van der Waals surface area contributed by atoms with Crippen LogP contribution in [0, 0.1) is 0 Å². The zero-order valence-corrected chi connectivity index (χ0v) is 34.6. The smallest absolute Gasteiger partial charge is 0.268 e. The molecule has 0 unspecified atom stereocenters. The lowest BCUT2D eigenvalue weighted by Gasteiger charge is -2.27. The molecule has 5 nitrogen and oxygen atoms in total. The third kappa shape index (κ3) is 9.94. The normalized spacial score (nSPS) is 14.3. The van der Waals surface area contributed by atoms with E-state index in [9.17, 15) is 14.7 Å². The van der Waals surface area contributed by atoms with E-state index in [0.29, 0.717) is 5.70 Å². The molecule has 3 aromatic carbocycles. The van der Waals surface area contributed by atoms with E-state index in [1.165, 1.54) is 0 Å². The van der Waals surface area contributed by atoms with Gasteiger partial charge in [-0.1, -0.05) is 147 Å². The molecule has 0 aromatic heterocycles. The van der Waals surface area contributed by atoms with E-state index in [0.717, 1.165) is 49.3 Å². The van der Waals surface area contributed by atoms with E-state index in [1.54, 1.807) is 46.6 Å². The fraction of sp³-hybridized carbons (Fsp3) is 0.227. The number of allylic oxidation sites excluding steroid dienone is 9. The van der Waals surface area contributed by atoms with Gasteiger partial charge in [-0.3, -0.25) is 13.9 Å². The molecule has 0 fully saturated rings. The molecule has 0 saturated heterocycles. The highest BCUT2D eigenvalue weighted by atomic mass is 32.2. The summed E-state index contributed by atoms with van der Waals surface area (Å²) in [5.74, 6) is -0.500. The van der Waals surface area contributed by atoms with Crippen molar-refractivity contribution in [3.8, 4) is 5.75 Å². The van der Waals surface area contributed by atoms with Crippen molar-refractivity contribution in [2.24, 2.45) is 0 Å². The van der Waals surface area contributed by atoms with Gasteiger partial charge in [-0.2, -0.15) is 12.6 Å². The summed E-state index contributed by atoms with van der Waals surface area (Å²) in [6, 6.07) is 14.4. The summed E-state index contributed by atoms with van der Waals surface area (Å²) in [6.07, 6.45) is 18.4. The maximum absolute atomic E-state index is 12.1. The molecule has 0 bridgehead atoms. The number of anilines is 2. The molecule has 0 atom stereocenters. The second-order valence-corrected chi connectivity index (χ2v) is 12.6. The summed E-state index contributed by atoms with van der Waals surface area (Å²) in [6.45, 7) is 32.1. The van der Waals surface area contributed by atoms with E-state index in [2.05, 4.69) is 92.4 Å². The maximum Gasteiger partial charge on any atom is 0.268 e. The highest BCUT2D eigenvalue weighted by Gasteiger charge is 2.40. The molecule has 0 radical (unpaired) electrons. The maximum atomic E-state index is 12.1. The Balaban J connectivity index is 0.00000214. The van der Waals surface area contributed by atoms with Crippen LogP contribution in [0.15, 0.2) is 144 Å². The Hall–Kier alpha value is -4.37. The van der Waals surface area contributed by atoms with Gasteiger partial charge in [-0.15, -0.1) is 0 Å². The molecule has 1 N–H and O–H groups in total. The average molecular weight is 755 g/mol. The first-order valence-electron chi connectivity index (χ1n) is 17.1. The van der Waals surface area contributed by atoms with Crippen LogP contribution >= 0.6 is 37.2 Å². The molecule has 8 heteroatoms. The number of thioether (sulfide) groups is 1. The number of aromatic hydroxyl groups is 1. The topological polar surface area (TPSA) is 60.9 Å². The van der Waals surface area contributed by atoms with Crippen molar-refractivity contribution in [2.45, 2.75) is 60.8 Å². The number of hydrogen-bond acceptors (Lipinski definition) is 8. The summed E-state index contributed by atoms with van der Waals surface area (Å²) < 4.78 is 1.72. The molecule has 0 aliphatic carbocycles. The lowest BCUT2D eigenvalue weighted by atomic mass is 9.82. The molecular weight excluding hydrogens is 701 g/mol. The van der Waals surface area contributed by atoms with Gasteiger partial charge in [-0.05, 0) is 79.3 Å². The first kappa shape index (κ1) is 45.7. The Morgan fingerprint density at radius 1 is 0.885 bits per heavy atom. The number of benzene rings is 2. The molecule has 1 heterocycles. The number of fused-ring (bicyclic) bond motifs is 1. The summed E-state index contributed by atoms with van der Waals surface area (Å²) in [4.78, 5) is 27.6. The van der Waals surface area contributed by atoms with Gasteiger partial charge in [0.25, 0.3) is 5.43 Å². The van der Waals surface area contributed by atoms with Gasteiger partial charge in [0.15, 0.2) is 5.75 Å². The van der Waals surface area contributed by atoms with Gasteiger partial charge in [-0.25, -0.2) is 0 Å². The lowest BCUT2D eigenvalue weighted by Crippen LogP contribution is -2.33. The van der Waals surface area contributed by atoms with E-state index in [-0.39, 0.29) is 5.56 Å². The Bertz CT molecular complexity index is 1950. The fourth-order valence-electron chi connectivity index (χ4n) is 5.37. The molecule has 1 aliphatic rings. The number of nitrogens with zero attached hydrogens (tertiary/aromatic N) is 2. The zero-order valence-electron chi connectivity index (χ0n) is 32.0. The van der Waals surface area contributed by atoms with Gasteiger partial charge < -0.3 is 10.0 Å². The van der Waals surface area contributed by atoms with E-state index < -0.39 is 22.0 Å². The number of thiol groups is 2. The average Bonchev–Trinajstić information content (AvgIpc) is 3.38. The molecular formula is C44H54N2O3S3. The molecule has 0 amide bonds. The first-order valence-corrected chi connectivity index (χ1v) is 19.2. The van der Waals surface area contributed by atoms with Crippen molar-refractivity contribution < 1.29 is 5.11 Å². The second kappa shape index (κ2) is 21.9. The van der Waals surface area contributed by atoms with Gasteiger partial charge in [0.1, 0.15) is 0 Å². The number of rotatable bonds is 12. The van der Waals surface area contributed by atoms with Crippen LogP contribution in [-0.4, -0.2) is 11.4 Å². The lowest BCUT2D eigenvalue weighted by molar-refractivity contribution is 0.461. The Kier molecular flexibility index (Phi) is 19.2. The van der Waals surface area contributed by atoms with Crippen molar-refractivity contribution >= 4 is 64.5 Å². The van der Waals surface area contributed by atoms with Crippen LogP contribution < -0.4 is 20.1 Å². The van der Waals surface area contributed by atoms with E-state index in [4.69, 9.17) is 12.8 Å². The van der Waals surface area contributed by atoms with Crippen LogP contribution in [0.4, 0.5) is 11.4 Å². The van der Waals surface area contributed by atoms with Crippen molar-refractivity contribution in [1.82, 2.24) is 0 Å². The van der Waals surface area contributed by atoms with Crippen LogP contribution in [0.25, 0.3) is 15.9 Å². The minimum Gasteiger partial charge on any atom is -0.504 e. The van der Waals surface area contributed by atoms with Crippen LogP contribution in [0.2, 0.25) is 0 Å². The third-order valence-electron chi connectivity index (χ3n) is 7.91. The van der Waals surface area contributed by atoms with Gasteiger partial charge in [0.05, 0.1) is 11.3 Å². The predicted octanol–water partition coefficient (Wildman–Crippen LogP) is 12.0. The highest BCUT2D eigenvalue weighted by Crippen LogP contribution is 2.51. The minimum atomic E-state index is -0.857. The molecule has 52 heavy (non-hydrogen) atoms. The predicted molar refractivity (Wildman–Crippen MR) is 240 cm³/mol. The summed E-state index contributed by atoms with van der Waals surface area (Å²) in [5.41, 5.74) is 5.31. The highest BCUT2D eigenvalue weighted by molar-refractivity contribution is 8.16. The largest absolute Gasteiger partial charge is 0.504 e. The minimum absolute atomic E-state index is 0.0166. The van der Waals surface area contributed by atoms with Crippen LogP contribution in [-0.2, 0) is 5.41 Å². The van der Waals surface area contributed by atoms with Crippen LogP contribution in [0.5, 0.6) is 5.75 Å². The first-order chi connectivity index (χ1) is 24.9. The Labute approximate surface area is 327 Å². The summed E-state index contributed by atoms with van der Waals surface area (Å²) in [7, 11) is 0. The SMILES string of the molecule is C=C/C=C\C(=C/C)N(/C(C=C)=C/C=C)c1ccc(C(=C)S/C(=C\C)c2ccc3c(c2)N(S)/C(=C/c2c(O)c(=O)c2=O)C3(C)C)cc1.CC.CC.CS. The molecule has 0 spiro atoms. The fourth-order valence-corrected chi connectivity index (χ4v) is 6.73. The Morgan fingerprint density at radius 3 is 1.98 bits per heavy atom. The summed E-state index contributed by atoms with van der Waals surface area (Å²) >= 11 is 9.86. The van der Waals surface area contributed by atoms with E-state index in [1.807, 2.05) is 79.7 Å². The van der Waals surface area contributed by atoms with Crippen LogP contribution in [0.1, 0.15) is 77.6 Å². The quantitative estimate of drug-likeness (QED) is 0.0972. The Morgan fingerprint density at radius 2 is 1.48 bits per heavy atom. The molecule has 1 aliphatic heterocycles. The third-order valence-corrected chi connectivity index (χ3v) is 9.51. The second-order valence-electron chi connectivity index (χ2n) is 11.0. The van der Waals surface area contributed by atoms with Gasteiger partial charge in [0, 0.05) is 38.0 Å². The van der Waals surface area contributed by atoms with Crippen molar-refractivity contribution in [1.29, 1.82) is 0 Å². The van der Waals surface area contributed by atoms with Crippen molar-refractivity contribution in [3.63, 3.8) is 0 Å². The monoisotopic (exact) mass is 754 g/mol. The standard InChI is InChI=1S/C39H38N2O3S2.2C2H6.CH4S/c1-9-14-16-29(12-4)40(28(11-3)15-10-2)30-20-17-26(18-21-30)25(6)46-34(13-5)27-19-22-32-33(23-27)41(45)35(39(32,7)8)24-31-36(42)38(44)37(31)43;3*1-2/h9-24,42,45H,1-3,6H2,4-5,7-8H3;2*1-2H3;2H,1H3/b16-14-,28-15+,29-12+,34-13-,35-24+;;;. The van der Waals surface area contributed by atoms with Gasteiger partial charge in [0.2, 0.25) is 5.43 Å². The van der Waals surface area contributed by atoms with E-state index >= 15 is 0 Å². The van der Waals surface area contributed by atoms with Crippen LogP contribution in [0.3, 0.4) is 0 Å². The van der Waals surface area contributed by atoms with Crippen molar-refractivity contribution in [3.05, 3.63) is 177 Å². The molecule has 0 saturated carbocycles. The summed E-state index contributed by atoms with van der Waals surface area (Å²) in [5, 5.41) is 9.96.